The number of hydrogen-bond donors (Lipinski definition) is 2. The van der Waals surface area contributed by atoms with Crippen LogP contribution in [0.3, 0.4) is 0 Å². The summed E-state index contributed by atoms with van der Waals surface area (Å²) in [5, 5.41) is 9.93. The third kappa shape index (κ3) is 5.25. The normalized spacial score (nSPS) is 11.3. The van der Waals surface area contributed by atoms with E-state index in [9.17, 15) is 13.2 Å². The molecule has 118 valence electrons. The molecule has 0 fully saturated rings. The number of aryl methyl sites for hydroxylation is 1. The molecule has 0 spiro atoms. The Bertz CT molecular complexity index is 708. The third-order valence-corrected chi connectivity index (χ3v) is 5.03. The molecule has 22 heavy (non-hydrogen) atoms. The molecular weight excluding hydrogens is 320 g/mol. The molecule has 0 aliphatic heterocycles. The van der Waals surface area contributed by atoms with Crippen molar-refractivity contribution in [1.29, 1.82) is 0 Å². The van der Waals surface area contributed by atoms with Gasteiger partial charge in [0.2, 0.25) is 15.9 Å². The lowest BCUT2D eigenvalue weighted by Crippen LogP contribution is -2.25. The van der Waals surface area contributed by atoms with Crippen molar-refractivity contribution in [3.05, 3.63) is 52.2 Å². The average molecular weight is 338 g/mol. The number of thiophene rings is 1. The number of benzene rings is 1. The quantitative estimate of drug-likeness (QED) is 0.805. The van der Waals surface area contributed by atoms with Gasteiger partial charge in [0.15, 0.2) is 0 Å². The highest BCUT2D eigenvalue weighted by molar-refractivity contribution is 7.89. The van der Waals surface area contributed by atoms with E-state index in [1.807, 2.05) is 17.5 Å². The Labute approximate surface area is 134 Å². The van der Waals surface area contributed by atoms with Gasteiger partial charge in [-0.1, -0.05) is 18.2 Å². The average Bonchev–Trinajstić information content (AvgIpc) is 2.98. The minimum Gasteiger partial charge on any atom is -0.356 e. The summed E-state index contributed by atoms with van der Waals surface area (Å²) in [7, 11) is -3.66. The first-order valence-electron chi connectivity index (χ1n) is 6.86. The first-order valence-corrected chi connectivity index (χ1v) is 9.28. The van der Waals surface area contributed by atoms with E-state index in [-0.39, 0.29) is 10.8 Å². The summed E-state index contributed by atoms with van der Waals surface area (Å²) in [6, 6.07) is 10.3. The van der Waals surface area contributed by atoms with E-state index >= 15 is 0 Å². The molecule has 1 amide bonds. The van der Waals surface area contributed by atoms with Crippen molar-refractivity contribution >= 4 is 27.3 Å². The number of rotatable bonds is 7. The smallest absolute Gasteiger partial charge is 0.238 e. The van der Waals surface area contributed by atoms with Crippen molar-refractivity contribution in [2.45, 2.75) is 24.2 Å². The maximum absolute atomic E-state index is 11.7. The number of nitrogens with two attached hydrogens (primary N) is 1. The number of hydrogen-bond acceptors (Lipinski definition) is 4. The fourth-order valence-electron chi connectivity index (χ4n) is 1.97. The zero-order valence-electron chi connectivity index (χ0n) is 12.0. The number of sulfonamides is 1. The Hall–Kier alpha value is -1.70. The number of primary sulfonamides is 1. The van der Waals surface area contributed by atoms with Gasteiger partial charge in [-0.15, -0.1) is 11.3 Å². The monoisotopic (exact) mass is 338 g/mol. The van der Waals surface area contributed by atoms with Gasteiger partial charge in [-0.3, -0.25) is 4.79 Å². The highest BCUT2D eigenvalue weighted by Crippen LogP contribution is 2.10. The summed E-state index contributed by atoms with van der Waals surface area (Å²) in [6.45, 7) is 0.629. The van der Waals surface area contributed by atoms with Crippen LogP contribution in [-0.2, 0) is 27.7 Å². The Morgan fingerprint density at radius 3 is 2.45 bits per heavy atom. The number of amides is 1. The van der Waals surface area contributed by atoms with E-state index < -0.39 is 10.0 Å². The highest BCUT2D eigenvalue weighted by atomic mass is 32.2. The lowest BCUT2D eigenvalue weighted by molar-refractivity contribution is -0.121. The molecule has 7 heteroatoms. The van der Waals surface area contributed by atoms with Crippen LogP contribution in [0, 0.1) is 0 Å². The number of carbonyl (C=O) groups excluding carboxylic acids is 1. The van der Waals surface area contributed by atoms with E-state index in [1.54, 1.807) is 23.5 Å². The second-order valence-electron chi connectivity index (χ2n) is 4.87. The van der Waals surface area contributed by atoms with Crippen LogP contribution in [0.4, 0.5) is 0 Å². The predicted molar refractivity (Wildman–Crippen MR) is 87.2 cm³/mol. The van der Waals surface area contributed by atoms with Gasteiger partial charge < -0.3 is 5.32 Å². The number of nitrogens with one attached hydrogen (secondary N) is 1. The fraction of sp³-hybridized carbons (Fsp3) is 0.267. The summed E-state index contributed by atoms with van der Waals surface area (Å²) in [5.74, 6) is -0.00733. The largest absolute Gasteiger partial charge is 0.356 e. The molecule has 2 aromatic rings. The van der Waals surface area contributed by atoms with Crippen LogP contribution < -0.4 is 10.5 Å². The molecule has 2 rings (SSSR count). The molecule has 0 saturated carbocycles. The molecule has 1 aromatic heterocycles. The fourth-order valence-corrected chi connectivity index (χ4v) is 3.20. The van der Waals surface area contributed by atoms with Gasteiger partial charge in [-0.05, 0) is 42.0 Å². The third-order valence-electron chi connectivity index (χ3n) is 3.17. The molecule has 3 N–H and O–H groups in total. The molecule has 0 bridgehead atoms. The van der Waals surface area contributed by atoms with Gasteiger partial charge in [-0.25, -0.2) is 13.6 Å². The summed E-state index contributed by atoms with van der Waals surface area (Å²) in [5.41, 5.74) is 0.904. The minimum absolute atomic E-state index is 0.00733. The highest BCUT2D eigenvalue weighted by Gasteiger charge is 2.07. The van der Waals surface area contributed by atoms with Gasteiger partial charge in [0.1, 0.15) is 0 Å². The van der Waals surface area contributed by atoms with Crippen LogP contribution in [0.5, 0.6) is 0 Å². The summed E-state index contributed by atoms with van der Waals surface area (Å²) < 4.78 is 22.3. The van der Waals surface area contributed by atoms with Gasteiger partial charge in [0.25, 0.3) is 0 Å². The summed E-state index contributed by atoms with van der Waals surface area (Å²) >= 11 is 1.68. The van der Waals surface area contributed by atoms with Crippen LogP contribution in [0.1, 0.15) is 16.9 Å². The molecule has 1 aromatic carbocycles. The van der Waals surface area contributed by atoms with Crippen LogP contribution in [0.15, 0.2) is 46.7 Å². The predicted octanol–water partition coefficient (Wildman–Crippen LogP) is 1.69. The topological polar surface area (TPSA) is 89.3 Å². The molecule has 0 aliphatic carbocycles. The molecule has 0 radical (unpaired) electrons. The molecule has 0 atom stereocenters. The lowest BCUT2D eigenvalue weighted by atomic mass is 10.1. The summed E-state index contributed by atoms with van der Waals surface area (Å²) in [6.07, 6.45) is 1.78. The lowest BCUT2D eigenvalue weighted by Gasteiger charge is -2.05. The molecular formula is C15H18N2O3S2. The maximum atomic E-state index is 11.7. The van der Waals surface area contributed by atoms with E-state index in [0.29, 0.717) is 19.4 Å². The second-order valence-corrected chi connectivity index (χ2v) is 7.46. The Morgan fingerprint density at radius 2 is 1.86 bits per heavy atom. The molecule has 0 unspecified atom stereocenters. The van der Waals surface area contributed by atoms with Crippen molar-refractivity contribution in [2.75, 3.05) is 6.54 Å². The minimum atomic E-state index is -3.66. The SMILES string of the molecule is NS(=O)(=O)c1ccc(CCC(=O)NCCc2cccs2)cc1. The Kier molecular flexibility index (Phi) is 5.70. The van der Waals surface area contributed by atoms with Crippen LogP contribution in [0.25, 0.3) is 0 Å². The number of carbonyl (C=O) groups is 1. The summed E-state index contributed by atoms with van der Waals surface area (Å²) in [4.78, 5) is 13.1. The van der Waals surface area contributed by atoms with Gasteiger partial charge in [-0.2, -0.15) is 0 Å². The van der Waals surface area contributed by atoms with Crippen LogP contribution >= 0.6 is 11.3 Å². The molecule has 0 saturated heterocycles. The van der Waals surface area contributed by atoms with Crippen molar-refractivity contribution < 1.29 is 13.2 Å². The van der Waals surface area contributed by atoms with E-state index in [1.165, 1.54) is 17.0 Å². The van der Waals surface area contributed by atoms with Crippen molar-refractivity contribution in [2.24, 2.45) is 5.14 Å². The zero-order chi connectivity index (χ0) is 16.0. The first-order chi connectivity index (χ1) is 10.4. The second kappa shape index (κ2) is 7.53. The van der Waals surface area contributed by atoms with Crippen LogP contribution in [-0.4, -0.2) is 20.9 Å². The van der Waals surface area contributed by atoms with Crippen molar-refractivity contribution in [1.82, 2.24) is 5.32 Å². The van der Waals surface area contributed by atoms with Gasteiger partial charge in [0.05, 0.1) is 4.90 Å². The van der Waals surface area contributed by atoms with Gasteiger partial charge in [0, 0.05) is 17.8 Å². The van der Waals surface area contributed by atoms with E-state index in [4.69, 9.17) is 5.14 Å². The Balaban J connectivity index is 1.74. The van der Waals surface area contributed by atoms with Gasteiger partial charge >= 0.3 is 0 Å². The standard InChI is InChI=1S/C15H18N2O3S2/c16-22(19,20)14-6-3-12(4-7-14)5-8-15(18)17-10-9-13-2-1-11-21-13/h1-4,6-7,11H,5,8-10H2,(H,17,18)(H2,16,19,20). The zero-order valence-corrected chi connectivity index (χ0v) is 13.6. The molecule has 5 nitrogen and oxygen atoms in total. The van der Waals surface area contributed by atoms with Crippen LogP contribution in [0.2, 0.25) is 0 Å². The molecule has 1 heterocycles. The van der Waals surface area contributed by atoms with Crippen molar-refractivity contribution in [3.63, 3.8) is 0 Å². The Morgan fingerprint density at radius 1 is 1.14 bits per heavy atom. The van der Waals surface area contributed by atoms with Crippen molar-refractivity contribution in [3.8, 4) is 0 Å². The van der Waals surface area contributed by atoms with E-state index in [2.05, 4.69) is 5.32 Å². The first kappa shape index (κ1) is 16.7. The maximum Gasteiger partial charge on any atom is 0.238 e. The molecule has 0 aliphatic rings. The van der Waals surface area contributed by atoms with E-state index in [0.717, 1.165) is 12.0 Å².